The predicted octanol–water partition coefficient (Wildman–Crippen LogP) is 2.50. The Morgan fingerprint density at radius 1 is 1.36 bits per heavy atom. The molecule has 0 amide bonds. The van der Waals surface area contributed by atoms with Gasteiger partial charge in [0.05, 0.1) is 4.90 Å². The average molecular weight is 275 g/mol. The van der Waals surface area contributed by atoms with E-state index in [0.29, 0.717) is 10.2 Å². The van der Waals surface area contributed by atoms with Crippen molar-refractivity contribution in [2.24, 2.45) is 0 Å². The quantitative estimate of drug-likeness (QED) is 0.794. The van der Waals surface area contributed by atoms with Gasteiger partial charge in [0.1, 0.15) is 0 Å². The molecule has 1 aromatic rings. The highest BCUT2D eigenvalue weighted by molar-refractivity contribution is 9.09. The summed E-state index contributed by atoms with van der Waals surface area (Å²) in [5.41, 5.74) is 1.89. The normalized spacial score (nSPS) is 11.3. The summed E-state index contributed by atoms with van der Waals surface area (Å²) in [7, 11) is -3.09. The van der Waals surface area contributed by atoms with Crippen LogP contribution in [-0.2, 0) is 9.84 Å². The second-order valence-corrected chi connectivity index (χ2v) is 5.61. The fourth-order valence-corrected chi connectivity index (χ4v) is 1.97. The third-order valence-electron chi connectivity index (χ3n) is 1.85. The summed E-state index contributed by atoms with van der Waals surface area (Å²) in [6.07, 6.45) is 1.20. The lowest BCUT2D eigenvalue weighted by Gasteiger charge is -2.03. The van der Waals surface area contributed by atoms with Gasteiger partial charge in [-0.3, -0.25) is 0 Å². The van der Waals surface area contributed by atoms with Crippen molar-refractivity contribution in [3.63, 3.8) is 0 Å². The van der Waals surface area contributed by atoms with Crippen LogP contribution in [0.5, 0.6) is 0 Å². The number of rotatable bonds is 3. The van der Waals surface area contributed by atoms with Crippen molar-refractivity contribution in [3.05, 3.63) is 36.4 Å². The standard InChI is InChI=1S/C10H11BrO2S/c1-8(7-11)9-3-5-10(6-4-9)14(2,12)13/h3-6H,1,7H2,2H3. The minimum atomic E-state index is -3.09. The Morgan fingerprint density at radius 2 is 1.86 bits per heavy atom. The van der Waals surface area contributed by atoms with Gasteiger partial charge in [-0.25, -0.2) is 8.42 Å². The molecule has 0 atom stereocenters. The van der Waals surface area contributed by atoms with Gasteiger partial charge in [0, 0.05) is 11.6 Å². The van der Waals surface area contributed by atoms with Crippen molar-refractivity contribution in [1.29, 1.82) is 0 Å². The van der Waals surface area contributed by atoms with Crippen LogP contribution in [0.25, 0.3) is 5.57 Å². The Morgan fingerprint density at radius 3 is 2.21 bits per heavy atom. The van der Waals surface area contributed by atoms with Gasteiger partial charge < -0.3 is 0 Å². The van der Waals surface area contributed by atoms with E-state index < -0.39 is 9.84 Å². The van der Waals surface area contributed by atoms with E-state index in [1.807, 2.05) is 0 Å². The van der Waals surface area contributed by atoms with Crippen molar-refractivity contribution < 1.29 is 8.42 Å². The molecule has 0 aliphatic carbocycles. The van der Waals surface area contributed by atoms with Crippen molar-refractivity contribution in [2.75, 3.05) is 11.6 Å². The van der Waals surface area contributed by atoms with Crippen LogP contribution in [0.15, 0.2) is 35.7 Å². The number of benzene rings is 1. The molecule has 1 rings (SSSR count). The highest BCUT2D eigenvalue weighted by Gasteiger charge is 2.06. The van der Waals surface area contributed by atoms with Crippen molar-refractivity contribution >= 4 is 31.3 Å². The summed E-state index contributed by atoms with van der Waals surface area (Å²) in [5, 5.41) is 0.686. The maximum absolute atomic E-state index is 11.2. The minimum Gasteiger partial charge on any atom is -0.224 e. The first kappa shape index (κ1) is 11.5. The van der Waals surface area contributed by atoms with Crippen LogP contribution in [0, 0.1) is 0 Å². The summed E-state index contributed by atoms with van der Waals surface area (Å²) >= 11 is 3.29. The molecule has 0 saturated heterocycles. The molecule has 0 spiro atoms. The van der Waals surface area contributed by atoms with E-state index in [4.69, 9.17) is 0 Å². The molecule has 0 fully saturated rings. The molecule has 0 aliphatic rings. The van der Waals surface area contributed by atoms with Crippen LogP contribution in [0.4, 0.5) is 0 Å². The maximum atomic E-state index is 11.2. The van der Waals surface area contributed by atoms with E-state index in [2.05, 4.69) is 22.5 Å². The first-order valence-electron chi connectivity index (χ1n) is 3.99. The Hall–Kier alpha value is -0.610. The summed E-state index contributed by atoms with van der Waals surface area (Å²) in [4.78, 5) is 0.337. The van der Waals surface area contributed by atoms with Crippen molar-refractivity contribution in [2.45, 2.75) is 4.90 Å². The van der Waals surface area contributed by atoms with E-state index in [0.717, 1.165) is 11.1 Å². The lowest BCUT2D eigenvalue weighted by atomic mass is 10.1. The van der Waals surface area contributed by atoms with Gasteiger partial charge in [0.2, 0.25) is 0 Å². The molecule has 14 heavy (non-hydrogen) atoms. The summed E-state index contributed by atoms with van der Waals surface area (Å²) in [5.74, 6) is 0. The Kier molecular flexibility index (Phi) is 3.50. The molecular formula is C10H11BrO2S. The topological polar surface area (TPSA) is 34.1 Å². The van der Waals surface area contributed by atoms with E-state index in [-0.39, 0.29) is 0 Å². The first-order valence-corrected chi connectivity index (χ1v) is 7.00. The summed E-state index contributed by atoms with van der Waals surface area (Å²) in [6.45, 7) is 3.84. The monoisotopic (exact) mass is 274 g/mol. The number of hydrogen-bond donors (Lipinski definition) is 0. The van der Waals surface area contributed by atoms with Crippen LogP contribution in [0.1, 0.15) is 5.56 Å². The van der Waals surface area contributed by atoms with Crippen LogP contribution in [0.3, 0.4) is 0 Å². The second-order valence-electron chi connectivity index (χ2n) is 3.03. The highest BCUT2D eigenvalue weighted by atomic mass is 79.9. The molecule has 2 nitrogen and oxygen atoms in total. The largest absolute Gasteiger partial charge is 0.224 e. The molecular weight excluding hydrogens is 264 g/mol. The fraction of sp³-hybridized carbons (Fsp3) is 0.200. The van der Waals surface area contributed by atoms with Gasteiger partial charge in [-0.1, -0.05) is 34.6 Å². The van der Waals surface area contributed by atoms with Gasteiger partial charge in [-0.2, -0.15) is 0 Å². The summed E-state index contributed by atoms with van der Waals surface area (Å²) in [6, 6.07) is 6.72. The van der Waals surface area contributed by atoms with Gasteiger partial charge in [0.15, 0.2) is 9.84 Å². The number of sulfone groups is 1. The van der Waals surface area contributed by atoms with Crippen molar-refractivity contribution in [3.8, 4) is 0 Å². The maximum Gasteiger partial charge on any atom is 0.175 e. The smallest absolute Gasteiger partial charge is 0.175 e. The van der Waals surface area contributed by atoms with Gasteiger partial charge in [-0.15, -0.1) is 0 Å². The zero-order valence-electron chi connectivity index (χ0n) is 7.83. The zero-order chi connectivity index (χ0) is 10.8. The molecule has 0 bridgehead atoms. The van der Waals surface area contributed by atoms with E-state index in [1.54, 1.807) is 24.3 Å². The number of allylic oxidation sites excluding steroid dienone is 1. The minimum absolute atomic E-state index is 0.337. The second kappa shape index (κ2) is 4.28. The predicted molar refractivity (Wildman–Crippen MR) is 62.4 cm³/mol. The van der Waals surface area contributed by atoms with Crippen LogP contribution in [-0.4, -0.2) is 20.0 Å². The Bertz CT molecular complexity index is 432. The lowest BCUT2D eigenvalue weighted by Crippen LogP contribution is -1.96. The molecule has 0 N–H and O–H groups in total. The first-order chi connectivity index (χ1) is 6.45. The third-order valence-corrected chi connectivity index (χ3v) is 3.66. The molecule has 0 heterocycles. The van der Waals surface area contributed by atoms with Crippen LogP contribution in [0.2, 0.25) is 0 Å². The Labute approximate surface area is 92.7 Å². The molecule has 0 saturated carbocycles. The van der Waals surface area contributed by atoms with Crippen molar-refractivity contribution in [1.82, 2.24) is 0 Å². The zero-order valence-corrected chi connectivity index (χ0v) is 10.2. The molecule has 4 heteroatoms. The molecule has 0 radical (unpaired) electrons. The van der Waals surface area contributed by atoms with Gasteiger partial charge >= 0.3 is 0 Å². The molecule has 0 unspecified atom stereocenters. The number of hydrogen-bond acceptors (Lipinski definition) is 2. The van der Waals surface area contributed by atoms with E-state index in [1.165, 1.54) is 6.26 Å². The SMILES string of the molecule is C=C(CBr)c1ccc(S(C)(=O)=O)cc1. The molecule has 1 aromatic carbocycles. The van der Waals surface area contributed by atoms with Gasteiger partial charge in [0.25, 0.3) is 0 Å². The summed E-state index contributed by atoms with van der Waals surface area (Å²) < 4.78 is 22.3. The van der Waals surface area contributed by atoms with E-state index in [9.17, 15) is 8.42 Å². The third kappa shape index (κ3) is 2.69. The highest BCUT2D eigenvalue weighted by Crippen LogP contribution is 2.17. The van der Waals surface area contributed by atoms with Gasteiger partial charge in [-0.05, 0) is 23.3 Å². The number of halogens is 1. The Balaban J connectivity index is 3.07. The molecule has 0 aliphatic heterocycles. The fourth-order valence-electron chi connectivity index (χ4n) is 1.01. The van der Waals surface area contributed by atoms with Crippen LogP contribution < -0.4 is 0 Å². The van der Waals surface area contributed by atoms with E-state index >= 15 is 0 Å². The van der Waals surface area contributed by atoms with Crippen LogP contribution >= 0.6 is 15.9 Å². The molecule has 0 aromatic heterocycles. The number of alkyl halides is 1. The average Bonchev–Trinajstić information content (AvgIpc) is 2.15. The molecule has 76 valence electrons. The lowest BCUT2D eigenvalue weighted by molar-refractivity contribution is 0.602.